The van der Waals surface area contributed by atoms with Crippen LogP contribution in [0.4, 0.5) is 11.5 Å². The number of hydrogen-bond donors (Lipinski definition) is 3. The number of H-pyrrole nitrogens is 1. The maximum absolute atomic E-state index is 12.4. The molecule has 0 saturated heterocycles. The number of carbonyl (C=O) groups excluding carboxylic acids is 3. The third-order valence-electron chi connectivity index (χ3n) is 3.10. The Labute approximate surface area is 158 Å². The van der Waals surface area contributed by atoms with E-state index in [-0.39, 0.29) is 29.0 Å². The van der Waals surface area contributed by atoms with Crippen LogP contribution in [0.3, 0.4) is 0 Å². The molecule has 1 heterocycles. The highest BCUT2D eigenvalue weighted by atomic mass is 32.2. The number of aromatic nitrogens is 2. The van der Waals surface area contributed by atoms with E-state index in [2.05, 4.69) is 20.6 Å². The summed E-state index contributed by atoms with van der Waals surface area (Å²) in [6.45, 7) is 3.17. The van der Waals surface area contributed by atoms with Gasteiger partial charge < -0.3 is 15.4 Å². The second kappa shape index (κ2) is 9.53. The third-order valence-corrected chi connectivity index (χ3v) is 3.95. The van der Waals surface area contributed by atoms with Crippen molar-refractivity contribution in [1.29, 1.82) is 0 Å². The van der Waals surface area contributed by atoms with Gasteiger partial charge in [0.15, 0.2) is 16.7 Å². The third kappa shape index (κ3) is 5.96. The Hall–Kier alpha value is -3.14. The van der Waals surface area contributed by atoms with Gasteiger partial charge in [-0.05, 0) is 19.1 Å². The molecule has 2 aromatic rings. The quantitative estimate of drug-likeness (QED) is 0.372. The van der Waals surface area contributed by atoms with Crippen LogP contribution in [0, 0.1) is 0 Å². The second-order valence-corrected chi connectivity index (χ2v) is 6.15. The highest BCUT2D eigenvalue weighted by Crippen LogP contribution is 2.20. The molecule has 1 aromatic carbocycles. The van der Waals surface area contributed by atoms with E-state index in [0.717, 1.165) is 11.8 Å². The minimum absolute atomic E-state index is 0.0635. The highest BCUT2D eigenvalue weighted by molar-refractivity contribution is 7.99. The van der Waals surface area contributed by atoms with Crippen molar-refractivity contribution in [1.82, 2.24) is 9.97 Å². The molecule has 0 aliphatic heterocycles. The number of anilines is 2. The number of rotatable bonds is 7. The molecular weight excluding hydrogens is 372 g/mol. The summed E-state index contributed by atoms with van der Waals surface area (Å²) in [4.78, 5) is 54.1. The fourth-order valence-corrected chi connectivity index (χ4v) is 2.66. The number of hydrogen-bond acceptors (Lipinski definition) is 7. The summed E-state index contributed by atoms with van der Waals surface area (Å²) in [5.74, 6) is -1.63. The number of carbonyl (C=O) groups is 3. The summed E-state index contributed by atoms with van der Waals surface area (Å²) >= 11 is 0.943. The van der Waals surface area contributed by atoms with Gasteiger partial charge in [0.25, 0.3) is 11.5 Å². The van der Waals surface area contributed by atoms with Crippen LogP contribution in [-0.2, 0) is 14.3 Å². The molecule has 27 heavy (non-hydrogen) atoms. The Morgan fingerprint density at radius 1 is 1.19 bits per heavy atom. The Bertz CT molecular complexity index is 898. The number of amides is 2. The molecule has 2 rings (SSSR count). The standard InChI is InChI=1S/C17H18N4O5S/c1-3-26-12(23)9-27-17-20-14(18-10(2)22)13(16(25)21-17)19-15(24)11-7-5-4-6-8-11/h4-8H,3,9H2,1-2H3,(H,19,24)(H2,18,20,21,22,25). The predicted octanol–water partition coefficient (Wildman–Crippen LogP) is 1.64. The fourth-order valence-electron chi connectivity index (χ4n) is 2.00. The van der Waals surface area contributed by atoms with Gasteiger partial charge in [0.1, 0.15) is 0 Å². The Kier molecular flexibility index (Phi) is 7.12. The number of esters is 1. The molecule has 142 valence electrons. The van der Waals surface area contributed by atoms with E-state index in [0.29, 0.717) is 5.56 Å². The predicted molar refractivity (Wildman–Crippen MR) is 101 cm³/mol. The smallest absolute Gasteiger partial charge is 0.316 e. The summed E-state index contributed by atoms with van der Waals surface area (Å²) in [7, 11) is 0. The lowest BCUT2D eigenvalue weighted by molar-refractivity contribution is -0.139. The number of ether oxygens (including phenoxy) is 1. The number of thioether (sulfide) groups is 1. The van der Waals surface area contributed by atoms with Crippen molar-refractivity contribution in [2.45, 2.75) is 19.0 Å². The van der Waals surface area contributed by atoms with Gasteiger partial charge >= 0.3 is 5.97 Å². The van der Waals surface area contributed by atoms with Crippen LogP contribution in [0.15, 0.2) is 40.3 Å². The lowest BCUT2D eigenvalue weighted by Gasteiger charge is -2.11. The van der Waals surface area contributed by atoms with Crippen LogP contribution in [0.25, 0.3) is 0 Å². The number of nitrogens with one attached hydrogen (secondary N) is 3. The van der Waals surface area contributed by atoms with Crippen LogP contribution in [0.1, 0.15) is 24.2 Å². The van der Waals surface area contributed by atoms with Gasteiger partial charge in [-0.3, -0.25) is 24.2 Å². The highest BCUT2D eigenvalue weighted by Gasteiger charge is 2.17. The molecule has 10 heteroatoms. The molecule has 0 saturated carbocycles. The summed E-state index contributed by atoms with van der Waals surface area (Å²) in [5.41, 5.74) is -0.518. The van der Waals surface area contributed by atoms with E-state index in [1.54, 1.807) is 37.3 Å². The maximum atomic E-state index is 12.4. The van der Waals surface area contributed by atoms with Crippen LogP contribution >= 0.6 is 11.8 Å². The second-order valence-electron chi connectivity index (χ2n) is 5.19. The largest absolute Gasteiger partial charge is 0.465 e. The summed E-state index contributed by atoms with van der Waals surface area (Å²) in [6.07, 6.45) is 0. The molecule has 0 atom stereocenters. The van der Waals surface area contributed by atoms with Crippen LogP contribution < -0.4 is 16.2 Å². The Balaban J connectivity index is 2.27. The van der Waals surface area contributed by atoms with Gasteiger partial charge in [-0.1, -0.05) is 30.0 Å². The monoisotopic (exact) mass is 390 g/mol. The van der Waals surface area contributed by atoms with Gasteiger partial charge in [-0.15, -0.1) is 0 Å². The van der Waals surface area contributed by atoms with Crippen LogP contribution in [0.5, 0.6) is 0 Å². The first kappa shape index (κ1) is 20.2. The van der Waals surface area contributed by atoms with Crippen molar-refractivity contribution in [3.05, 3.63) is 46.2 Å². The molecule has 0 fully saturated rings. The van der Waals surface area contributed by atoms with Gasteiger partial charge in [0, 0.05) is 12.5 Å². The van der Waals surface area contributed by atoms with Crippen LogP contribution in [0.2, 0.25) is 0 Å². The van der Waals surface area contributed by atoms with Crippen molar-refractivity contribution in [2.24, 2.45) is 0 Å². The van der Waals surface area contributed by atoms with E-state index in [1.165, 1.54) is 6.92 Å². The van der Waals surface area contributed by atoms with Crippen molar-refractivity contribution in [3.63, 3.8) is 0 Å². The summed E-state index contributed by atoms with van der Waals surface area (Å²) in [5, 5.41) is 4.97. The topological polar surface area (TPSA) is 130 Å². The summed E-state index contributed by atoms with van der Waals surface area (Å²) in [6, 6.07) is 8.28. The Morgan fingerprint density at radius 2 is 1.89 bits per heavy atom. The lowest BCUT2D eigenvalue weighted by Crippen LogP contribution is -2.24. The van der Waals surface area contributed by atoms with E-state index >= 15 is 0 Å². The average molecular weight is 390 g/mol. The SMILES string of the molecule is CCOC(=O)CSc1nc(NC(C)=O)c(NC(=O)c2ccccc2)c(=O)[nH]1. The zero-order valence-corrected chi connectivity index (χ0v) is 15.5. The van der Waals surface area contributed by atoms with E-state index in [9.17, 15) is 19.2 Å². The lowest BCUT2D eigenvalue weighted by atomic mass is 10.2. The van der Waals surface area contributed by atoms with Crippen molar-refractivity contribution >= 4 is 41.1 Å². The van der Waals surface area contributed by atoms with Gasteiger partial charge in [0.2, 0.25) is 5.91 Å². The van der Waals surface area contributed by atoms with Crippen molar-refractivity contribution in [3.8, 4) is 0 Å². The van der Waals surface area contributed by atoms with Crippen LogP contribution in [-0.4, -0.2) is 40.1 Å². The minimum Gasteiger partial charge on any atom is -0.465 e. The molecule has 0 aliphatic rings. The molecule has 0 radical (unpaired) electrons. The number of aromatic amines is 1. The molecule has 0 aliphatic carbocycles. The Morgan fingerprint density at radius 3 is 2.52 bits per heavy atom. The first-order valence-corrected chi connectivity index (χ1v) is 8.96. The minimum atomic E-state index is -0.663. The first-order chi connectivity index (χ1) is 12.9. The van der Waals surface area contributed by atoms with Gasteiger partial charge in [0.05, 0.1) is 12.4 Å². The van der Waals surface area contributed by atoms with Crippen molar-refractivity contribution in [2.75, 3.05) is 23.0 Å². The number of benzene rings is 1. The number of nitrogens with zero attached hydrogens (tertiary/aromatic N) is 1. The fraction of sp³-hybridized carbons (Fsp3) is 0.235. The first-order valence-electron chi connectivity index (χ1n) is 7.97. The van der Waals surface area contributed by atoms with Gasteiger partial charge in [-0.25, -0.2) is 4.98 Å². The average Bonchev–Trinajstić information content (AvgIpc) is 2.63. The molecule has 9 nitrogen and oxygen atoms in total. The molecule has 0 unspecified atom stereocenters. The normalized spacial score (nSPS) is 10.1. The molecule has 0 bridgehead atoms. The maximum Gasteiger partial charge on any atom is 0.316 e. The van der Waals surface area contributed by atoms with E-state index < -0.39 is 23.3 Å². The molecular formula is C17H18N4O5S. The zero-order chi connectivity index (χ0) is 19.8. The zero-order valence-electron chi connectivity index (χ0n) is 14.7. The molecule has 1 aromatic heterocycles. The molecule has 2 amide bonds. The van der Waals surface area contributed by atoms with Crippen molar-refractivity contribution < 1.29 is 19.1 Å². The van der Waals surface area contributed by atoms with E-state index in [1.807, 2.05) is 0 Å². The summed E-state index contributed by atoms with van der Waals surface area (Å²) < 4.78 is 4.81. The van der Waals surface area contributed by atoms with E-state index in [4.69, 9.17) is 4.74 Å². The van der Waals surface area contributed by atoms with Gasteiger partial charge in [-0.2, -0.15) is 0 Å². The molecule has 3 N–H and O–H groups in total. The molecule has 0 spiro atoms.